The Hall–Kier alpha value is -1.81. The second-order valence-electron chi connectivity index (χ2n) is 2.90. The fourth-order valence-electron chi connectivity index (χ4n) is 1.25. The summed E-state index contributed by atoms with van der Waals surface area (Å²) in [4.78, 5) is 9.99. The van der Waals surface area contributed by atoms with E-state index in [0.717, 1.165) is 0 Å². The zero-order chi connectivity index (χ0) is 10.8. The predicted molar refractivity (Wildman–Crippen MR) is 55.8 cm³/mol. The van der Waals surface area contributed by atoms with Crippen LogP contribution in [-0.2, 0) is 0 Å². The van der Waals surface area contributed by atoms with E-state index >= 15 is 0 Å². The molecular weight excluding hydrogens is 218 g/mol. The van der Waals surface area contributed by atoms with E-state index in [1.165, 1.54) is 18.4 Å². The van der Waals surface area contributed by atoms with Gasteiger partial charge >= 0.3 is 0 Å². The van der Waals surface area contributed by atoms with Crippen LogP contribution >= 0.6 is 11.6 Å². The van der Waals surface area contributed by atoms with Gasteiger partial charge in [-0.1, -0.05) is 11.6 Å². The standard InChI is InChI=1S/C10H6ClNO3/c11-9-6-7(12(13)14)3-4-8(9)10-2-1-5-15-10/h1-6H. The van der Waals surface area contributed by atoms with E-state index in [9.17, 15) is 10.1 Å². The summed E-state index contributed by atoms with van der Waals surface area (Å²) in [5, 5.41) is 10.8. The Bertz CT molecular complexity index is 493. The van der Waals surface area contributed by atoms with Gasteiger partial charge in [0.15, 0.2) is 0 Å². The van der Waals surface area contributed by atoms with Crippen molar-refractivity contribution in [2.45, 2.75) is 0 Å². The van der Waals surface area contributed by atoms with E-state index in [0.29, 0.717) is 16.3 Å². The Balaban J connectivity index is 2.48. The van der Waals surface area contributed by atoms with E-state index in [1.807, 2.05) is 0 Å². The zero-order valence-electron chi connectivity index (χ0n) is 7.51. The number of nitro benzene ring substituents is 1. The van der Waals surface area contributed by atoms with Crippen LogP contribution in [0.1, 0.15) is 0 Å². The molecule has 0 fully saturated rings. The number of benzene rings is 1. The monoisotopic (exact) mass is 223 g/mol. The fraction of sp³-hybridized carbons (Fsp3) is 0. The van der Waals surface area contributed by atoms with Gasteiger partial charge < -0.3 is 4.42 Å². The van der Waals surface area contributed by atoms with Gasteiger partial charge in [-0.25, -0.2) is 0 Å². The molecule has 5 heteroatoms. The lowest BCUT2D eigenvalue weighted by atomic mass is 10.1. The summed E-state index contributed by atoms with van der Waals surface area (Å²) in [7, 11) is 0. The predicted octanol–water partition coefficient (Wildman–Crippen LogP) is 3.51. The normalized spacial score (nSPS) is 10.2. The summed E-state index contributed by atoms with van der Waals surface area (Å²) >= 11 is 5.90. The van der Waals surface area contributed by atoms with Gasteiger partial charge in [0.05, 0.1) is 16.2 Å². The molecule has 0 bridgehead atoms. The van der Waals surface area contributed by atoms with Gasteiger partial charge in [0, 0.05) is 17.7 Å². The van der Waals surface area contributed by atoms with E-state index in [4.69, 9.17) is 16.0 Å². The van der Waals surface area contributed by atoms with Crippen LogP contribution in [-0.4, -0.2) is 4.92 Å². The van der Waals surface area contributed by atoms with Crippen LogP contribution in [0.15, 0.2) is 41.0 Å². The molecule has 0 radical (unpaired) electrons. The maximum atomic E-state index is 10.5. The minimum absolute atomic E-state index is 0.0321. The number of halogens is 1. The maximum Gasteiger partial charge on any atom is 0.270 e. The first-order chi connectivity index (χ1) is 7.18. The zero-order valence-corrected chi connectivity index (χ0v) is 8.27. The lowest BCUT2D eigenvalue weighted by molar-refractivity contribution is -0.384. The smallest absolute Gasteiger partial charge is 0.270 e. The third kappa shape index (κ3) is 1.85. The third-order valence-corrected chi connectivity index (χ3v) is 2.26. The van der Waals surface area contributed by atoms with Crippen LogP contribution in [0.4, 0.5) is 5.69 Å². The first-order valence-corrected chi connectivity index (χ1v) is 4.54. The van der Waals surface area contributed by atoms with Crippen molar-refractivity contribution in [3.05, 3.63) is 51.7 Å². The van der Waals surface area contributed by atoms with Gasteiger partial charge in [-0.3, -0.25) is 10.1 Å². The summed E-state index contributed by atoms with van der Waals surface area (Å²) < 4.78 is 5.15. The molecule has 0 aliphatic carbocycles. The molecule has 1 aromatic heterocycles. The van der Waals surface area contributed by atoms with Gasteiger partial charge in [-0.15, -0.1) is 0 Å². The van der Waals surface area contributed by atoms with Crippen LogP contribution in [0.2, 0.25) is 5.02 Å². The SMILES string of the molecule is O=[N+]([O-])c1ccc(-c2ccco2)c(Cl)c1. The Morgan fingerprint density at radius 1 is 1.33 bits per heavy atom. The molecule has 0 atom stereocenters. The largest absolute Gasteiger partial charge is 0.464 e. The van der Waals surface area contributed by atoms with Gasteiger partial charge in [0.25, 0.3) is 5.69 Å². The van der Waals surface area contributed by atoms with Crippen molar-refractivity contribution in [3.63, 3.8) is 0 Å². The molecule has 1 aromatic carbocycles. The molecule has 15 heavy (non-hydrogen) atoms. The van der Waals surface area contributed by atoms with Crippen LogP contribution in [0, 0.1) is 10.1 Å². The van der Waals surface area contributed by atoms with Gasteiger partial charge in [-0.2, -0.15) is 0 Å². The van der Waals surface area contributed by atoms with Crippen molar-refractivity contribution < 1.29 is 9.34 Å². The summed E-state index contributed by atoms with van der Waals surface area (Å²) in [6.45, 7) is 0. The number of rotatable bonds is 2. The minimum atomic E-state index is -0.488. The molecule has 76 valence electrons. The molecule has 4 nitrogen and oxygen atoms in total. The van der Waals surface area contributed by atoms with Crippen molar-refractivity contribution in [2.24, 2.45) is 0 Å². The Morgan fingerprint density at radius 3 is 2.67 bits per heavy atom. The number of furan rings is 1. The minimum Gasteiger partial charge on any atom is -0.464 e. The van der Waals surface area contributed by atoms with Crippen molar-refractivity contribution in [3.8, 4) is 11.3 Å². The molecule has 0 saturated heterocycles. The van der Waals surface area contributed by atoms with E-state index < -0.39 is 4.92 Å². The van der Waals surface area contributed by atoms with Crippen LogP contribution in [0.25, 0.3) is 11.3 Å². The van der Waals surface area contributed by atoms with Crippen LogP contribution in [0.3, 0.4) is 0 Å². The maximum absolute atomic E-state index is 10.5. The molecule has 0 saturated carbocycles. The van der Waals surface area contributed by atoms with Gasteiger partial charge in [-0.05, 0) is 18.2 Å². The van der Waals surface area contributed by atoms with E-state index in [-0.39, 0.29) is 5.69 Å². The fourth-order valence-corrected chi connectivity index (χ4v) is 1.52. The first-order valence-electron chi connectivity index (χ1n) is 4.16. The average molecular weight is 224 g/mol. The lowest BCUT2D eigenvalue weighted by Crippen LogP contribution is -1.87. The topological polar surface area (TPSA) is 56.3 Å². The van der Waals surface area contributed by atoms with Crippen LogP contribution < -0.4 is 0 Å². The Morgan fingerprint density at radius 2 is 2.13 bits per heavy atom. The quantitative estimate of drug-likeness (QED) is 0.578. The molecule has 0 spiro atoms. The van der Waals surface area contributed by atoms with Gasteiger partial charge in [0.2, 0.25) is 0 Å². The average Bonchev–Trinajstić information content (AvgIpc) is 2.70. The summed E-state index contributed by atoms with van der Waals surface area (Å²) in [6.07, 6.45) is 1.52. The molecule has 2 aromatic rings. The molecule has 0 N–H and O–H groups in total. The molecule has 0 unspecified atom stereocenters. The third-order valence-electron chi connectivity index (χ3n) is 1.95. The molecule has 1 heterocycles. The van der Waals surface area contributed by atoms with Crippen molar-refractivity contribution >= 4 is 17.3 Å². The van der Waals surface area contributed by atoms with Crippen molar-refractivity contribution in [2.75, 3.05) is 0 Å². The Labute approximate surface area is 90.2 Å². The highest BCUT2D eigenvalue weighted by atomic mass is 35.5. The molecule has 0 aliphatic rings. The molecule has 0 aliphatic heterocycles. The van der Waals surface area contributed by atoms with E-state index in [1.54, 1.807) is 18.2 Å². The lowest BCUT2D eigenvalue weighted by Gasteiger charge is -1.99. The number of non-ortho nitro benzene ring substituents is 1. The summed E-state index contributed by atoms with van der Waals surface area (Å²) in [6, 6.07) is 7.74. The highest BCUT2D eigenvalue weighted by Gasteiger charge is 2.11. The number of nitro groups is 1. The van der Waals surface area contributed by atoms with Gasteiger partial charge in [0.1, 0.15) is 5.76 Å². The second kappa shape index (κ2) is 3.74. The number of hydrogen-bond donors (Lipinski definition) is 0. The molecule has 2 rings (SSSR count). The number of hydrogen-bond acceptors (Lipinski definition) is 3. The Kier molecular flexibility index (Phi) is 2.43. The van der Waals surface area contributed by atoms with Crippen LogP contribution in [0.5, 0.6) is 0 Å². The summed E-state index contributed by atoms with van der Waals surface area (Å²) in [5.74, 6) is 0.592. The van der Waals surface area contributed by atoms with E-state index in [2.05, 4.69) is 0 Å². The highest BCUT2D eigenvalue weighted by molar-refractivity contribution is 6.33. The summed E-state index contributed by atoms with van der Waals surface area (Å²) in [5.41, 5.74) is 0.613. The second-order valence-corrected chi connectivity index (χ2v) is 3.31. The first kappa shape index (κ1) is 9.73. The highest BCUT2D eigenvalue weighted by Crippen LogP contribution is 2.31. The number of nitrogens with zero attached hydrogens (tertiary/aromatic N) is 1. The molecule has 0 amide bonds. The van der Waals surface area contributed by atoms with Crippen molar-refractivity contribution in [1.82, 2.24) is 0 Å². The van der Waals surface area contributed by atoms with Crippen molar-refractivity contribution in [1.29, 1.82) is 0 Å². The molecular formula is C10H6ClNO3.